The number of aryl methyl sites for hydroxylation is 2. The van der Waals surface area contributed by atoms with E-state index in [9.17, 15) is 0 Å². The molecule has 0 N–H and O–H groups in total. The largest absolute Gasteiger partial charge is 0.298 e. The molecule has 2 aromatic rings. The summed E-state index contributed by atoms with van der Waals surface area (Å²) in [5.41, 5.74) is 3.22. The van der Waals surface area contributed by atoms with Crippen LogP contribution in [0.4, 0.5) is 0 Å². The lowest BCUT2D eigenvalue weighted by molar-refractivity contribution is 0.311. The average Bonchev–Trinajstić information content (AvgIpc) is 3.07. The molecule has 1 aliphatic heterocycles. The third-order valence-corrected chi connectivity index (χ3v) is 4.13. The van der Waals surface area contributed by atoms with E-state index >= 15 is 0 Å². The molecule has 0 aromatic carbocycles. The molecule has 0 amide bonds. The molecule has 0 saturated carbocycles. The third kappa shape index (κ3) is 2.83. The second-order valence-corrected chi connectivity index (χ2v) is 5.80. The maximum absolute atomic E-state index is 4.67. The fourth-order valence-corrected chi connectivity index (χ4v) is 3.12. The molecule has 0 aliphatic carbocycles. The van der Waals surface area contributed by atoms with Gasteiger partial charge < -0.3 is 0 Å². The standard InChI is InChI=1S/C16H23N5/c1-4-9-21-16(7-8-17-21)14-11-13(18-12(2)19-14)15-6-5-10-20(15)3/h7-8,11,15H,4-6,9-10H2,1-3H3. The summed E-state index contributed by atoms with van der Waals surface area (Å²) in [6.07, 6.45) is 5.34. The van der Waals surface area contributed by atoms with Crippen LogP contribution < -0.4 is 0 Å². The topological polar surface area (TPSA) is 46.8 Å². The summed E-state index contributed by atoms with van der Waals surface area (Å²) in [6, 6.07) is 4.61. The van der Waals surface area contributed by atoms with Crippen LogP contribution in [-0.4, -0.2) is 38.2 Å². The van der Waals surface area contributed by atoms with Gasteiger partial charge in [0.05, 0.1) is 23.1 Å². The van der Waals surface area contributed by atoms with Crippen LogP contribution in [0, 0.1) is 6.92 Å². The highest BCUT2D eigenvalue weighted by Crippen LogP contribution is 2.31. The fourth-order valence-electron chi connectivity index (χ4n) is 3.12. The van der Waals surface area contributed by atoms with Crippen molar-refractivity contribution >= 4 is 0 Å². The Bertz CT molecular complexity index is 619. The molecular weight excluding hydrogens is 262 g/mol. The monoisotopic (exact) mass is 285 g/mol. The maximum atomic E-state index is 4.67. The van der Waals surface area contributed by atoms with Crippen molar-refractivity contribution in [2.45, 2.75) is 45.7 Å². The van der Waals surface area contributed by atoms with Crippen LogP contribution in [-0.2, 0) is 6.54 Å². The van der Waals surface area contributed by atoms with Crippen LogP contribution >= 0.6 is 0 Å². The van der Waals surface area contributed by atoms with E-state index in [1.54, 1.807) is 0 Å². The minimum Gasteiger partial charge on any atom is -0.298 e. The van der Waals surface area contributed by atoms with E-state index in [4.69, 9.17) is 0 Å². The van der Waals surface area contributed by atoms with E-state index in [1.807, 2.05) is 23.9 Å². The minimum atomic E-state index is 0.424. The van der Waals surface area contributed by atoms with E-state index in [1.165, 1.54) is 12.8 Å². The van der Waals surface area contributed by atoms with Crippen molar-refractivity contribution in [1.82, 2.24) is 24.6 Å². The summed E-state index contributed by atoms with van der Waals surface area (Å²) in [5, 5.41) is 4.40. The highest BCUT2D eigenvalue weighted by molar-refractivity contribution is 5.54. The summed E-state index contributed by atoms with van der Waals surface area (Å²) in [7, 11) is 2.18. The first kappa shape index (κ1) is 14.2. The molecule has 5 nitrogen and oxygen atoms in total. The van der Waals surface area contributed by atoms with Gasteiger partial charge in [0.25, 0.3) is 0 Å². The zero-order valence-corrected chi connectivity index (χ0v) is 13.1. The molecule has 112 valence electrons. The van der Waals surface area contributed by atoms with Crippen LogP contribution in [0.2, 0.25) is 0 Å². The first-order chi connectivity index (χ1) is 10.2. The molecule has 1 fully saturated rings. The molecule has 1 unspecified atom stereocenters. The van der Waals surface area contributed by atoms with Crippen LogP contribution in [0.3, 0.4) is 0 Å². The zero-order chi connectivity index (χ0) is 14.8. The van der Waals surface area contributed by atoms with E-state index in [0.29, 0.717) is 6.04 Å². The van der Waals surface area contributed by atoms with Crippen molar-refractivity contribution < 1.29 is 0 Å². The molecule has 21 heavy (non-hydrogen) atoms. The predicted octanol–water partition coefficient (Wildman–Crippen LogP) is 2.83. The van der Waals surface area contributed by atoms with Crippen molar-refractivity contribution in [3.8, 4) is 11.4 Å². The number of nitrogens with zero attached hydrogens (tertiary/aromatic N) is 5. The van der Waals surface area contributed by atoms with E-state index in [2.05, 4.69) is 40.0 Å². The van der Waals surface area contributed by atoms with Gasteiger partial charge in [-0.05, 0) is 51.9 Å². The second kappa shape index (κ2) is 5.93. The first-order valence-corrected chi connectivity index (χ1v) is 7.77. The Balaban J connectivity index is 1.99. The Morgan fingerprint density at radius 2 is 2.19 bits per heavy atom. The van der Waals surface area contributed by atoms with Gasteiger partial charge in [0, 0.05) is 12.7 Å². The van der Waals surface area contributed by atoms with Gasteiger partial charge in [-0.3, -0.25) is 9.58 Å². The lowest BCUT2D eigenvalue weighted by Gasteiger charge is -2.19. The van der Waals surface area contributed by atoms with E-state index in [-0.39, 0.29) is 0 Å². The number of aromatic nitrogens is 4. The van der Waals surface area contributed by atoms with Crippen LogP contribution in [0.5, 0.6) is 0 Å². The number of hydrogen-bond donors (Lipinski definition) is 0. The van der Waals surface area contributed by atoms with Gasteiger partial charge >= 0.3 is 0 Å². The summed E-state index contributed by atoms with van der Waals surface area (Å²) in [4.78, 5) is 11.7. The smallest absolute Gasteiger partial charge is 0.126 e. The highest BCUT2D eigenvalue weighted by atomic mass is 15.3. The Hall–Kier alpha value is -1.75. The van der Waals surface area contributed by atoms with Crippen LogP contribution in [0.1, 0.15) is 43.7 Å². The Kier molecular flexibility index (Phi) is 4.01. The zero-order valence-electron chi connectivity index (χ0n) is 13.1. The summed E-state index contributed by atoms with van der Waals surface area (Å²) >= 11 is 0. The van der Waals surface area contributed by atoms with Crippen molar-refractivity contribution in [1.29, 1.82) is 0 Å². The molecule has 1 atom stereocenters. The molecule has 3 rings (SSSR count). The summed E-state index contributed by atoms with van der Waals surface area (Å²) < 4.78 is 2.03. The number of likely N-dealkylation sites (tertiary alicyclic amines) is 1. The normalized spacial score (nSPS) is 19.3. The SMILES string of the molecule is CCCn1nccc1-c1cc(C2CCCN2C)nc(C)n1. The number of rotatable bonds is 4. The molecule has 0 radical (unpaired) electrons. The Morgan fingerprint density at radius 1 is 1.33 bits per heavy atom. The lowest BCUT2D eigenvalue weighted by atomic mass is 10.1. The predicted molar refractivity (Wildman–Crippen MR) is 82.9 cm³/mol. The van der Waals surface area contributed by atoms with Gasteiger partial charge in [0.1, 0.15) is 5.82 Å². The van der Waals surface area contributed by atoms with Crippen molar-refractivity contribution in [3.05, 3.63) is 29.8 Å². The molecule has 1 aliphatic rings. The van der Waals surface area contributed by atoms with Gasteiger partial charge in [-0.1, -0.05) is 6.92 Å². The van der Waals surface area contributed by atoms with Crippen molar-refractivity contribution in [2.75, 3.05) is 13.6 Å². The quantitative estimate of drug-likeness (QED) is 0.866. The van der Waals surface area contributed by atoms with E-state index < -0.39 is 0 Å². The summed E-state index contributed by atoms with van der Waals surface area (Å²) in [6.45, 7) is 6.21. The van der Waals surface area contributed by atoms with Gasteiger partial charge in [0.15, 0.2) is 0 Å². The molecule has 0 bridgehead atoms. The van der Waals surface area contributed by atoms with Crippen LogP contribution in [0.25, 0.3) is 11.4 Å². The molecule has 2 aromatic heterocycles. The molecule has 5 heteroatoms. The van der Waals surface area contributed by atoms with Crippen LogP contribution in [0.15, 0.2) is 18.3 Å². The molecule has 1 saturated heterocycles. The fraction of sp³-hybridized carbons (Fsp3) is 0.562. The number of hydrogen-bond acceptors (Lipinski definition) is 4. The Labute approximate surface area is 126 Å². The van der Waals surface area contributed by atoms with Gasteiger partial charge in [0.2, 0.25) is 0 Å². The molecular formula is C16H23N5. The lowest BCUT2D eigenvalue weighted by Crippen LogP contribution is -2.19. The van der Waals surface area contributed by atoms with E-state index in [0.717, 1.165) is 42.4 Å². The van der Waals surface area contributed by atoms with Gasteiger partial charge in [-0.15, -0.1) is 0 Å². The molecule has 0 spiro atoms. The average molecular weight is 285 g/mol. The minimum absolute atomic E-state index is 0.424. The third-order valence-electron chi connectivity index (χ3n) is 4.13. The highest BCUT2D eigenvalue weighted by Gasteiger charge is 2.25. The van der Waals surface area contributed by atoms with Crippen molar-refractivity contribution in [2.24, 2.45) is 0 Å². The molecule has 3 heterocycles. The summed E-state index contributed by atoms with van der Waals surface area (Å²) in [5.74, 6) is 0.840. The Morgan fingerprint density at radius 3 is 2.90 bits per heavy atom. The second-order valence-electron chi connectivity index (χ2n) is 5.80. The van der Waals surface area contributed by atoms with Gasteiger partial charge in [-0.2, -0.15) is 5.10 Å². The first-order valence-electron chi connectivity index (χ1n) is 7.77. The van der Waals surface area contributed by atoms with Crippen molar-refractivity contribution in [3.63, 3.8) is 0 Å². The van der Waals surface area contributed by atoms with Gasteiger partial charge in [-0.25, -0.2) is 9.97 Å². The maximum Gasteiger partial charge on any atom is 0.126 e.